The third kappa shape index (κ3) is 4.35. The van der Waals surface area contributed by atoms with Gasteiger partial charge < -0.3 is 9.84 Å². The summed E-state index contributed by atoms with van der Waals surface area (Å²) in [5.41, 5.74) is 0. The van der Waals surface area contributed by atoms with E-state index in [-0.39, 0.29) is 6.61 Å². The SMILES string of the molecule is OC(COc1ccc(Cl)c(Cl)c1)CN1CCC(n2cncn2)C1. The summed E-state index contributed by atoms with van der Waals surface area (Å²) in [7, 11) is 0. The number of aromatic nitrogens is 3. The van der Waals surface area contributed by atoms with Gasteiger partial charge >= 0.3 is 0 Å². The van der Waals surface area contributed by atoms with Crippen LogP contribution in [-0.2, 0) is 0 Å². The Hall–Kier alpha value is -1.34. The van der Waals surface area contributed by atoms with E-state index in [1.54, 1.807) is 30.9 Å². The van der Waals surface area contributed by atoms with Gasteiger partial charge in [-0.2, -0.15) is 5.10 Å². The average Bonchev–Trinajstić information content (AvgIpc) is 3.19. The monoisotopic (exact) mass is 356 g/mol. The van der Waals surface area contributed by atoms with E-state index in [0.717, 1.165) is 19.5 Å². The summed E-state index contributed by atoms with van der Waals surface area (Å²) < 4.78 is 7.44. The zero-order valence-corrected chi connectivity index (χ0v) is 14.0. The molecule has 1 aromatic carbocycles. The highest BCUT2D eigenvalue weighted by Gasteiger charge is 2.25. The molecule has 8 heteroatoms. The predicted octanol–water partition coefficient (Wildman–Crippen LogP) is 2.27. The van der Waals surface area contributed by atoms with Crippen LogP contribution in [0.4, 0.5) is 0 Å². The van der Waals surface area contributed by atoms with Crippen molar-refractivity contribution < 1.29 is 9.84 Å². The minimum atomic E-state index is -0.570. The molecule has 23 heavy (non-hydrogen) atoms. The lowest BCUT2D eigenvalue weighted by Crippen LogP contribution is -2.34. The molecular formula is C15H18Cl2N4O2. The second-order valence-electron chi connectivity index (χ2n) is 5.62. The van der Waals surface area contributed by atoms with Crippen LogP contribution < -0.4 is 4.74 Å². The van der Waals surface area contributed by atoms with E-state index < -0.39 is 6.10 Å². The Labute approximate surface area is 144 Å². The van der Waals surface area contributed by atoms with E-state index in [1.807, 2.05) is 4.68 Å². The highest BCUT2D eigenvalue weighted by atomic mass is 35.5. The van der Waals surface area contributed by atoms with Crippen LogP contribution in [0.2, 0.25) is 10.0 Å². The average molecular weight is 357 g/mol. The summed E-state index contributed by atoms with van der Waals surface area (Å²) in [6.45, 7) is 2.55. The van der Waals surface area contributed by atoms with Crippen LogP contribution in [-0.4, -0.2) is 57.1 Å². The fraction of sp³-hybridized carbons (Fsp3) is 0.467. The largest absolute Gasteiger partial charge is 0.491 e. The second-order valence-corrected chi connectivity index (χ2v) is 6.43. The van der Waals surface area contributed by atoms with E-state index in [4.69, 9.17) is 27.9 Å². The Morgan fingerprint density at radius 2 is 2.22 bits per heavy atom. The normalized spacial score (nSPS) is 19.9. The molecule has 1 saturated heterocycles. The summed E-state index contributed by atoms with van der Waals surface area (Å²) >= 11 is 11.8. The molecule has 2 aromatic rings. The van der Waals surface area contributed by atoms with Gasteiger partial charge in [0.05, 0.1) is 16.1 Å². The lowest BCUT2D eigenvalue weighted by atomic mass is 10.3. The fourth-order valence-electron chi connectivity index (χ4n) is 2.71. The lowest BCUT2D eigenvalue weighted by Gasteiger charge is -2.20. The maximum Gasteiger partial charge on any atom is 0.137 e. The molecule has 3 rings (SSSR count). The summed E-state index contributed by atoms with van der Waals surface area (Å²) in [6.07, 6.45) is 3.71. The van der Waals surface area contributed by atoms with E-state index in [1.165, 1.54) is 0 Å². The minimum Gasteiger partial charge on any atom is -0.491 e. The van der Waals surface area contributed by atoms with Crippen LogP contribution in [0.3, 0.4) is 0 Å². The molecule has 0 spiro atoms. The molecule has 1 aliphatic heterocycles. The Morgan fingerprint density at radius 3 is 2.96 bits per heavy atom. The van der Waals surface area contributed by atoms with Gasteiger partial charge in [0.1, 0.15) is 31.1 Å². The molecule has 0 saturated carbocycles. The molecule has 2 heterocycles. The zero-order chi connectivity index (χ0) is 16.2. The van der Waals surface area contributed by atoms with Crippen molar-refractivity contribution in [1.82, 2.24) is 19.7 Å². The van der Waals surface area contributed by atoms with Crippen LogP contribution in [0.25, 0.3) is 0 Å². The Bertz CT molecular complexity index is 638. The number of likely N-dealkylation sites (tertiary alicyclic amines) is 1. The molecule has 0 radical (unpaired) electrons. The molecule has 2 atom stereocenters. The first-order valence-corrected chi connectivity index (χ1v) is 8.20. The van der Waals surface area contributed by atoms with E-state index in [0.29, 0.717) is 28.4 Å². The van der Waals surface area contributed by atoms with E-state index >= 15 is 0 Å². The standard InChI is InChI=1S/C15H18Cl2N4O2/c16-14-2-1-13(5-15(14)17)23-8-12(22)7-20-4-3-11(6-20)21-10-18-9-19-21/h1-2,5,9-12,22H,3-4,6-8H2. The number of hydrogen-bond acceptors (Lipinski definition) is 5. The molecule has 0 amide bonds. The summed E-state index contributed by atoms with van der Waals surface area (Å²) in [5, 5.41) is 15.2. The third-order valence-corrected chi connectivity index (χ3v) is 4.60. The third-order valence-electron chi connectivity index (χ3n) is 3.86. The van der Waals surface area contributed by atoms with Crippen LogP contribution in [0.15, 0.2) is 30.9 Å². The topological polar surface area (TPSA) is 63.4 Å². The van der Waals surface area contributed by atoms with Gasteiger partial charge in [-0.05, 0) is 18.6 Å². The fourth-order valence-corrected chi connectivity index (χ4v) is 3.00. The van der Waals surface area contributed by atoms with Crippen molar-refractivity contribution in [2.24, 2.45) is 0 Å². The number of halogens is 2. The Balaban J connectivity index is 1.44. The van der Waals surface area contributed by atoms with Crippen LogP contribution >= 0.6 is 23.2 Å². The molecule has 1 aromatic heterocycles. The highest BCUT2D eigenvalue weighted by Crippen LogP contribution is 2.26. The molecular weight excluding hydrogens is 339 g/mol. The van der Waals surface area contributed by atoms with Gasteiger partial charge in [0.25, 0.3) is 0 Å². The van der Waals surface area contributed by atoms with Gasteiger partial charge in [-0.3, -0.25) is 4.90 Å². The first-order chi connectivity index (χ1) is 11.1. The smallest absolute Gasteiger partial charge is 0.137 e. The molecule has 124 valence electrons. The van der Waals surface area contributed by atoms with Crippen molar-refractivity contribution >= 4 is 23.2 Å². The number of ether oxygens (including phenoxy) is 1. The lowest BCUT2D eigenvalue weighted by molar-refractivity contribution is 0.0747. The highest BCUT2D eigenvalue weighted by molar-refractivity contribution is 6.42. The number of β-amino-alcohol motifs (C(OH)–C–C–N with tert-alkyl or cyclic N) is 1. The van der Waals surface area contributed by atoms with Crippen molar-refractivity contribution in [1.29, 1.82) is 0 Å². The Morgan fingerprint density at radius 1 is 1.35 bits per heavy atom. The van der Waals surface area contributed by atoms with E-state index in [9.17, 15) is 5.11 Å². The first kappa shape index (κ1) is 16.5. The second kappa shape index (κ2) is 7.49. The van der Waals surface area contributed by atoms with Crippen molar-refractivity contribution in [2.45, 2.75) is 18.6 Å². The van der Waals surface area contributed by atoms with Gasteiger partial charge in [-0.15, -0.1) is 0 Å². The molecule has 1 fully saturated rings. The van der Waals surface area contributed by atoms with Crippen molar-refractivity contribution in [3.05, 3.63) is 40.9 Å². The van der Waals surface area contributed by atoms with Gasteiger partial charge in [0.15, 0.2) is 0 Å². The molecule has 6 nitrogen and oxygen atoms in total. The van der Waals surface area contributed by atoms with Crippen molar-refractivity contribution in [3.8, 4) is 5.75 Å². The van der Waals surface area contributed by atoms with E-state index in [2.05, 4.69) is 15.0 Å². The molecule has 2 unspecified atom stereocenters. The molecule has 1 N–H and O–H groups in total. The summed E-state index contributed by atoms with van der Waals surface area (Å²) in [4.78, 5) is 6.18. The number of aliphatic hydroxyl groups excluding tert-OH is 1. The zero-order valence-electron chi connectivity index (χ0n) is 12.5. The number of rotatable bonds is 6. The Kier molecular flexibility index (Phi) is 5.38. The minimum absolute atomic E-state index is 0.211. The number of nitrogens with zero attached hydrogens (tertiary/aromatic N) is 4. The van der Waals surface area contributed by atoms with Crippen molar-refractivity contribution in [2.75, 3.05) is 26.2 Å². The number of aliphatic hydroxyl groups is 1. The van der Waals surface area contributed by atoms with Crippen LogP contribution in [0.5, 0.6) is 5.75 Å². The number of benzene rings is 1. The summed E-state index contributed by atoms with van der Waals surface area (Å²) in [6, 6.07) is 5.38. The van der Waals surface area contributed by atoms with Gasteiger partial charge in [0.2, 0.25) is 0 Å². The van der Waals surface area contributed by atoms with Crippen molar-refractivity contribution in [3.63, 3.8) is 0 Å². The maximum atomic E-state index is 10.2. The molecule has 1 aliphatic rings. The summed E-state index contributed by atoms with van der Waals surface area (Å²) in [5.74, 6) is 0.598. The van der Waals surface area contributed by atoms with Gasteiger partial charge in [-0.25, -0.2) is 9.67 Å². The molecule has 0 bridgehead atoms. The number of hydrogen-bond donors (Lipinski definition) is 1. The van der Waals surface area contributed by atoms with Gasteiger partial charge in [-0.1, -0.05) is 23.2 Å². The van der Waals surface area contributed by atoms with Gasteiger partial charge in [0, 0.05) is 25.7 Å². The van der Waals surface area contributed by atoms with Crippen LogP contribution in [0.1, 0.15) is 12.5 Å². The molecule has 0 aliphatic carbocycles. The predicted molar refractivity (Wildman–Crippen MR) is 88.1 cm³/mol. The first-order valence-electron chi connectivity index (χ1n) is 7.44. The van der Waals surface area contributed by atoms with Crippen LogP contribution in [0, 0.1) is 0 Å². The quantitative estimate of drug-likeness (QED) is 0.859. The maximum absolute atomic E-state index is 10.2.